The van der Waals surface area contributed by atoms with Crippen molar-refractivity contribution in [1.82, 2.24) is 19.1 Å². The van der Waals surface area contributed by atoms with Gasteiger partial charge in [-0.2, -0.15) is 9.40 Å². The van der Waals surface area contributed by atoms with E-state index in [9.17, 15) is 12.8 Å². The molecule has 0 radical (unpaired) electrons. The van der Waals surface area contributed by atoms with Gasteiger partial charge < -0.3 is 14.4 Å². The molecule has 2 atom stereocenters. The number of piperidine rings is 1. The molecule has 9 nitrogen and oxygen atoms in total. The largest absolute Gasteiger partial charge is 0.380 e. The lowest BCUT2D eigenvalue weighted by Gasteiger charge is -2.50. The summed E-state index contributed by atoms with van der Waals surface area (Å²) in [6, 6.07) is 9.78. The lowest BCUT2D eigenvalue weighted by atomic mass is 9.64. The van der Waals surface area contributed by atoms with Crippen LogP contribution in [-0.2, 0) is 25.9 Å². The van der Waals surface area contributed by atoms with Crippen LogP contribution in [0, 0.1) is 17.2 Å². The van der Waals surface area contributed by atoms with Gasteiger partial charge in [0.25, 0.3) is 0 Å². The van der Waals surface area contributed by atoms with E-state index in [0.717, 1.165) is 48.7 Å². The molecule has 216 valence electrons. The third kappa shape index (κ3) is 4.68. The molecule has 0 bridgehead atoms. The molecule has 4 heterocycles. The van der Waals surface area contributed by atoms with Crippen LogP contribution in [-0.4, -0.2) is 80.1 Å². The third-order valence-electron chi connectivity index (χ3n) is 9.05. The minimum atomic E-state index is -3.78. The topological polar surface area (TPSA) is 89.8 Å². The molecule has 3 aromatic rings. The quantitative estimate of drug-likeness (QED) is 0.422. The van der Waals surface area contributed by atoms with Gasteiger partial charge in [-0.1, -0.05) is 5.57 Å². The van der Waals surface area contributed by atoms with Crippen molar-refractivity contribution in [2.45, 2.75) is 36.7 Å². The summed E-state index contributed by atoms with van der Waals surface area (Å²) in [5.74, 6) is 0.868. The molecule has 7 rings (SSSR count). The van der Waals surface area contributed by atoms with Gasteiger partial charge in [-0.3, -0.25) is 0 Å². The minimum absolute atomic E-state index is 0.101. The number of halogens is 1. The molecular weight excluding hydrogens is 545 g/mol. The maximum Gasteiger partial charge on any atom is 0.244 e. The maximum atomic E-state index is 14.0. The number of nitrogens with zero attached hydrogens (tertiary/aromatic N) is 5. The molecule has 2 saturated heterocycles. The zero-order valence-electron chi connectivity index (χ0n) is 23.1. The lowest BCUT2D eigenvalue weighted by molar-refractivity contribution is -0.0260. The first kappa shape index (κ1) is 26.8. The number of morpholine rings is 1. The SMILES string of the molecule is CO[C@H](C1CC1)C12Cc3cnn(-c4ccc(F)cc4)c3C=C1CCN(S(=O)(=O)c1ccc(N3CCOCC3)nc1)C2. The fourth-order valence-electron chi connectivity index (χ4n) is 6.85. The Morgan fingerprint density at radius 3 is 2.54 bits per heavy atom. The molecule has 1 aromatic carbocycles. The van der Waals surface area contributed by atoms with Crippen LogP contribution in [0.2, 0.25) is 0 Å². The number of pyridine rings is 1. The fraction of sp³-hybridized carbons (Fsp3) is 0.467. The van der Waals surface area contributed by atoms with E-state index in [4.69, 9.17) is 9.47 Å². The van der Waals surface area contributed by atoms with E-state index in [2.05, 4.69) is 21.1 Å². The van der Waals surface area contributed by atoms with Crippen molar-refractivity contribution >= 4 is 21.9 Å². The normalized spacial score (nSPS) is 24.0. The predicted molar refractivity (Wildman–Crippen MR) is 152 cm³/mol. The molecule has 0 N–H and O–H groups in total. The van der Waals surface area contributed by atoms with Gasteiger partial charge in [0.2, 0.25) is 10.0 Å². The highest BCUT2D eigenvalue weighted by molar-refractivity contribution is 7.89. The van der Waals surface area contributed by atoms with E-state index >= 15 is 0 Å². The summed E-state index contributed by atoms with van der Waals surface area (Å²) in [7, 11) is -2.03. The van der Waals surface area contributed by atoms with Gasteiger partial charge in [-0.25, -0.2) is 22.5 Å². The molecular formula is C30H34FN5O4S. The summed E-state index contributed by atoms with van der Waals surface area (Å²) in [6.07, 6.45) is 8.80. The molecule has 2 aliphatic heterocycles. The third-order valence-corrected chi connectivity index (χ3v) is 10.9. The highest BCUT2D eigenvalue weighted by Crippen LogP contribution is 2.53. The number of benzene rings is 1. The van der Waals surface area contributed by atoms with Gasteiger partial charge in [0.1, 0.15) is 16.5 Å². The first-order valence-corrected chi connectivity index (χ1v) is 15.7. The Labute approximate surface area is 239 Å². The molecule has 0 amide bonds. The zero-order valence-corrected chi connectivity index (χ0v) is 23.9. The second-order valence-electron chi connectivity index (χ2n) is 11.5. The van der Waals surface area contributed by atoms with E-state index in [1.54, 1.807) is 35.7 Å². The van der Waals surface area contributed by atoms with Crippen molar-refractivity contribution in [3.8, 4) is 5.69 Å². The van der Waals surface area contributed by atoms with Gasteiger partial charge in [0.15, 0.2) is 0 Å². The molecule has 1 unspecified atom stereocenters. The highest BCUT2D eigenvalue weighted by atomic mass is 32.2. The van der Waals surface area contributed by atoms with Crippen LogP contribution in [0.1, 0.15) is 30.5 Å². The summed E-state index contributed by atoms with van der Waals surface area (Å²) >= 11 is 0. The first-order valence-electron chi connectivity index (χ1n) is 14.2. The Kier molecular flexibility index (Phi) is 6.72. The number of rotatable bonds is 7. The van der Waals surface area contributed by atoms with Gasteiger partial charge in [-0.15, -0.1) is 0 Å². The van der Waals surface area contributed by atoms with Gasteiger partial charge in [-0.05, 0) is 79.6 Å². The zero-order chi connectivity index (χ0) is 28.2. The van der Waals surface area contributed by atoms with E-state index in [1.807, 2.05) is 10.9 Å². The smallest absolute Gasteiger partial charge is 0.244 e. The average molecular weight is 580 g/mol. The summed E-state index contributed by atoms with van der Waals surface area (Å²) in [5.41, 5.74) is 3.49. The van der Waals surface area contributed by atoms with Crippen LogP contribution in [0.5, 0.6) is 0 Å². The molecule has 2 aromatic heterocycles. The monoisotopic (exact) mass is 579 g/mol. The van der Waals surface area contributed by atoms with Crippen molar-refractivity contribution < 1.29 is 22.3 Å². The first-order chi connectivity index (χ1) is 19.9. The summed E-state index contributed by atoms with van der Waals surface area (Å²) in [6.45, 7) is 3.47. The Morgan fingerprint density at radius 2 is 1.85 bits per heavy atom. The molecule has 41 heavy (non-hydrogen) atoms. The van der Waals surface area contributed by atoms with Crippen LogP contribution in [0.25, 0.3) is 11.8 Å². The summed E-state index contributed by atoms with van der Waals surface area (Å²) < 4.78 is 56.7. The molecule has 4 aliphatic rings. The van der Waals surface area contributed by atoms with Crippen LogP contribution < -0.4 is 4.90 Å². The van der Waals surface area contributed by atoms with Gasteiger partial charge in [0.05, 0.1) is 36.9 Å². The maximum absolute atomic E-state index is 14.0. The second kappa shape index (κ2) is 10.3. The Balaban J connectivity index is 1.21. The minimum Gasteiger partial charge on any atom is -0.380 e. The Hall–Kier alpha value is -3.12. The van der Waals surface area contributed by atoms with E-state index in [-0.39, 0.29) is 16.8 Å². The molecule has 11 heteroatoms. The summed E-state index contributed by atoms with van der Waals surface area (Å²) in [4.78, 5) is 6.83. The lowest BCUT2D eigenvalue weighted by Crippen LogP contribution is -2.55. The number of fused-ring (bicyclic) bond motifs is 2. The van der Waals surface area contributed by atoms with Crippen LogP contribution in [0.15, 0.2) is 59.3 Å². The standard InChI is InChI=1S/C30H34FN5O4S/c1-39-29(21-2-3-21)30-17-22-18-33-36(25-6-4-24(31)5-7-25)27(22)16-23(30)10-11-35(20-30)41(37,38)26-8-9-28(32-19-26)34-12-14-40-15-13-34/h4-9,16,18-19,21,29H,2-3,10-15,17,20H2,1H3/t29-,30?/m1/s1. The number of hydrogen-bond acceptors (Lipinski definition) is 7. The van der Waals surface area contributed by atoms with E-state index in [1.165, 1.54) is 23.9 Å². The second-order valence-corrected chi connectivity index (χ2v) is 13.4. The van der Waals surface area contributed by atoms with Crippen molar-refractivity contribution in [1.29, 1.82) is 0 Å². The molecule has 0 spiro atoms. The van der Waals surface area contributed by atoms with Crippen LogP contribution in [0.4, 0.5) is 10.2 Å². The van der Waals surface area contributed by atoms with E-state index < -0.39 is 15.4 Å². The number of aromatic nitrogens is 3. The predicted octanol–water partition coefficient (Wildman–Crippen LogP) is 3.69. The molecule has 1 saturated carbocycles. The Bertz CT molecular complexity index is 1560. The van der Waals surface area contributed by atoms with Crippen molar-refractivity contribution in [2.24, 2.45) is 11.3 Å². The van der Waals surface area contributed by atoms with Crippen molar-refractivity contribution in [2.75, 3.05) is 51.4 Å². The van der Waals surface area contributed by atoms with E-state index in [0.29, 0.717) is 45.1 Å². The van der Waals surface area contributed by atoms with Crippen LogP contribution >= 0.6 is 0 Å². The molecule has 3 fully saturated rings. The number of sulfonamides is 1. The number of methoxy groups -OCH3 is 1. The van der Waals surface area contributed by atoms with Gasteiger partial charge >= 0.3 is 0 Å². The van der Waals surface area contributed by atoms with Crippen LogP contribution in [0.3, 0.4) is 0 Å². The Morgan fingerprint density at radius 1 is 1.07 bits per heavy atom. The fourth-order valence-corrected chi connectivity index (χ4v) is 8.31. The summed E-state index contributed by atoms with van der Waals surface area (Å²) in [5, 5.41) is 4.65. The number of ether oxygens (including phenoxy) is 2. The van der Waals surface area contributed by atoms with Gasteiger partial charge in [0, 0.05) is 44.9 Å². The highest BCUT2D eigenvalue weighted by Gasteiger charge is 2.54. The number of hydrogen-bond donors (Lipinski definition) is 0. The number of anilines is 1. The molecule has 2 aliphatic carbocycles. The van der Waals surface area contributed by atoms with Crippen molar-refractivity contribution in [3.63, 3.8) is 0 Å². The van der Waals surface area contributed by atoms with Crippen molar-refractivity contribution in [3.05, 3.63) is 71.4 Å². The average Bonchev–Trinajstić information content (AvgIpc) is 3.76.